The number of ether oxygens (including phenoxy) is 2. The Morgan fingerprint density at radius 1 is 1.15 bits per heavy atom. The van der Waals surface area contributed by atoms with Crippen LogP contribution in [-0.2, 0) is 16.1 Å². The largest absolute Gasteiger partial charge is 0.379 e. The minimum absolute atomic E-state index is 0.352. The van der Waals surface area contributed by atoms with Crippen molar-refractivity contribution in [3.8, 4) is 0 Å². The van der Waals surface area contributed by atoms with Crippen molar-refractivity contribution in [2.24, 2.45) is 0 Å². The summed E-state index contributed by atoms with van der Waals surface area (Å²) in [6.07, 6.45) is 1.18. The van der Waals surface area contributed by atoms with Gasteiger partial charge in [0, 0.05) is 13.1 Å². The Morgan fingerprint density at radius 2 is 2.00 bits per heavy atom. The Labute approximate surface area is 121 Å². The minimum Gasteiger partial charge on any atom is -0.379 e. The van der Waals surface area contributed by atoms with Crippen molar-refractivity contribution >= 4 is 0 Å². The first-order valence-corrected chi connectivity index (χ1v) is 7.62. The van der Waals surface area contributed by atoms with Crippen molar-refractivity contribution in [3.63, 3.8) is 0 Å². The van der Waals surface area contributed by atoms with Gasteiger partial charge in [-0.3, -0.25) is 4.90 Å². The highest BCUT2D eigenvalue weighted by Crippen LogP contribution is 2.24. The average Bonchev–Trinajstić information content (AvgIpc) is 2.53. The number of nitrogens with one attached hydrogen (secondary N) is 1. The average molecular weight is 276 g/mol. The molecule has 4 heteroatoms. The molecule has 1 unspecified atom stereocenters. The van der Waals surface area contributed by atoms with Crippen LogP contribution >= 0.6 is 0 Å². The summed E-state index contributed by atoms with van der Waals surface area (Å²) in [4.78, 5) is 2.48. The number of fused-ring (bicyclic) bond motifs is 1. The summed E-state index contributed by atoms with van der Waals surface area (Å²) in [5, 5.41) is 3.63. The van der Waals surface area contributed by atoms with Gasteiger partial charge in [-0.2, -0.15) is 0 Å². The molecule has 3 rings (SSSR count). The zero-order valence-electron chi connectivity index (χ0n) is 12.0. The van der Waals surface area contributed by atoms with Crippen LogP contribution in [0.5, 0.6) is 0 Å². The van der Waals surface area contributed by atoms with Gasteiger partial charge in [-0.05, 0) is 30.6 Å². The molecule has 4 nitrogen and oxygen atoms in total. The van der Waals surface area contributed by atoms with E-state index < -0.39 is 0 Å². The summed E-state index contributed by atoms with van der Waals surface area (Å²) < 4.78 is 11.0. The summed E-state index contributed by atoms with van der Waals surface area (Å²) in [5.74, 6) is 0. The highest BCUT2D eigenvalue weighted by atomic mass is 16.5. The maximum Gasteiger partial charge on any atom is 0.0721 e. The molecule has 1 saturated heterocycles. The van der Waals surface area contributed by atoms with Gasteiger partial charge in [0.1, 0.15) is 0 Å². The van der Waals surface area contributed by atoms with Crippen LogP contribution in [0.15, 0.2) is 24.3 Å². The molecule has 1 N–H and O–H groups in total. The molecular weight excluding hydrogens is 252 g/mol. The predicted octanol–water partition coefficient (Wildman–Crippen LogP) is 1.57. The van der Waals surface area contributed by atoms with E-state index >= 15 is 0 Å². The quantitative estimate of drug-likeness (QED) is 0.828. The molecule has 1 aromatic carbocycles. The van der Waals surface area contributed by atoms with E-state index in [1.165, 1.54) is 17.5 Å². The van der Waals surface area contributed by atoms with Crippen LogP contribution < -0.4 is 5.32 Å². The minimum atomic E-state index is 0.352. The first kappa shape index (κ1) is 14.0. The molecule has 1 aromatic rings. The van der Waals surface area contributed by atoms with Crippen LogP contribution in [0.3, 0.4) is 0 Å². The number of rotatable bonds is 5. The molecule has 0 saturated carbocycles. The van der Waals surface area contributed by atoms with Gasteiger partial charge in [0.2, 0.25) is 0 Å². The lowest BCUT2D eigenvalue weighted by molar-refractivity contribution is 0.0369. The summed E-state index contributed by atoms with van der Waals surface area (Å²) in [5.41, 5.74) is 2.73. The standard InChI is InChI=1S/C16H24N2O2/c1-2-5-15-14(4-1)12-20-13-16(15)17-6-3-7-18-8-10-19-11-9-18/h1-2,4-5,16-17H,3,6-13H2. The molecule has 0 aromatic heterocycles. The zero-order valence-corrected chi connectivity index (χ0v) is 12.0. The lowest BCUT2D eigenvalue weighted by atomic mass is 9.99. The van der Waals surface area contributed by atoms with Crippen molar-refractivity contribution < 1.29 is 9.47 Å². The third-order valence-electron chi connectivity index (χ3n) is 4.12. The molecule has 110 valence electrons. The third kappa shape index (κ3) is 3.58. The Kier molecular flexibility index (Phi) is 5.03. The molecule has 20 heavy (non-hydrogen) atoms. The van der Waals surface area contributed by atoms with Gasteiger partial charge in [0.25, 0.3) is 0 Å². The fraction of sp³-hybridized carbons (Fsp3) is 0.625. The van der Waals surface area contributed by atoms with E-state index in [9.17, 15) is 0 Å². The smallest absolute Gasteiger partial charge is 0.0721 e. The lowest BCUT2D eigenvalue weighted by Crippen LogP contribution is -2.38. The van der Waals surface area contributed by atoms with Crippen molar-refractivity contribution in [2.45, 2.75) is 19.1 Å². The second kappa shape index (κ2) is 7.18. The molecule has 2 aliphatic heterocycles. The summed E-state index contributed by atoms with van der Waals surface area (Å²) in [6.45, 7) is 7.67. The van der Waals surface area contributed by atoms with Gasteiger partial charge in [0.05, 0.1) is 32.5 Å². The molecule has 2 heterocycles. The number of hydrogen-bond acceptors (Lipinski definition) is 4. The van der Waals surface area contributed by atoms with E-state index in [2.05, 4.69) is 34.5 Å². The van der Waals surface area contributed by atoms with Gasteiger partial charge in [-0.25, -0.2) is 0 Å². The monoisotopic (exact) mass is 276 g/mol. The molecule has 0 radical (unpaired) electrons. The number of hydrogen-bond donors (Lipinski definition) is 1. The molecular formula is C16H24N2O2. The molecule has 0 bridgehead atoms. The van der Waals surface area contributed by atoms with Gasteiger partial charge in [-0.1, -0.05) is 24.3 Å². The second-order valence-corrected chi connectivity index (χ2v) is 5.53. The Morgan fingerprint density at radius 3 is 2.90 bits per heavy atom. The normalized spacial score (nSPS) is 23.5. The summed E-state index contributed by atoms with van der Waals surface area (Å²) in [7, 11) is 0. The summed E-state index contributed by atoms with van der Waals surface area (Å²) in [6, 6.07) is 8.94. The van der Waals surface area contributed by atoms with E-state index in [4.69, 9.17) is 9.47 Å². The van der Waals surface area contributed by atoms with Crippen molar-refractivity contribution in [1.29, 1.82) is 0 Å². The van der Waals surface area contributed by atoms with Gasteiger partial charge in [0.15, 0.2) is 0 Å². The number of morpholine rings is 1. The van der Waals surface area contributed by atoms with Gasteiger partial charge < -0.3 is 14.8 Å². The molecule has 0 aliphatic carbocycles. The molecule has 0 amide bonds. The molecule has 1 fully saturated rings. The number of nitrogens with zero attached hydrogens (tertiary/aromatic N) is 1. The van der Waals surface area contributed by atoms with E-state index in [1.807, 2.05) is 0 Å². The van der Waals surface area contributed by atoms with Gasteiger partial charge in [-0.15, -0.1) is 0 Å². The molecule has 0 spiro atoms. The fourth-order valence-corrected chi connectivity index (χ4v) is 2.95. The first-order chi connectivity index (χ1) is 9.93. The van der Waals surface area contributed by atoms with Crippen LogP contribution in [0.4, 0.5) is 0 Å². The van der Waals surface area contributed by atoms with Crippen molar-refractivity contribution in [2.75, 3.05) is 46.0 Å². The molecule has 1 atom stereocenters. The van der Waals surface area contributed by atoms with Crippen molar-refractivity contribution in [3.05, 3.63) is 35.4 Å². The topological polar surface area (TPSA) is 33.7 Å². The van der Waals surface area contributed by atoms with Gasteiger partial charge >= 0.3 is 0 Å². The van der Waals surface area contributed by atoms with Crippen LogP contribution in [-0.4, -0.2) is 50.9 Å². The highest BCUT2D eigenvalue weighted by Gasteiger charge is 2.19. The highest BCUT2D eigenvalue weighted by molar-refractivity contribution is 5.30. The van der Waals surface area contributed by atoms with E-state index in [0.29, 0.717) is 6.04 Å². The predicted molar refractivity (Wildman–Crippen MR) is 78.7 cm³/mol. The Hall–Kier alpha value is -0.940. The van der Waals surface area contributed by atoms with E-state index in [1.54, 1.807) is 0 Å². The zero-order chi connectivity index (χ0) is 13.6. The van der Waals surface area contributed by atoms with Crippen LogP contribution in [0.2, 0.25) is 0 Å². The maximum atomic E-state index is 5.67. The van der Waals surface area contributed by atoms with E-state index in [-0.39, 0.29) is 0 Å². The third-order valence-corrected chi connectivity index (χ3v) is 4.12. The second-order valence-electron chi connectivity index (χ2n) is 5.53. The Bertz CT molecular complexity index is 419. The summed E-state index contributed by atoms with van der Waals surface area (Å²) >= 11 is 0. The lowest BCUT2D eigenvalue weighted by Gasteiger charge is -2.28. The fourth-order valence-electron chi connectivity index (χ4n) is 2.95. The molecule has 2 aliphatic rings. The number of benzene rings is 1. The van der Waals surface area contributed by atoms with Crippen molar-refractivity contribution in [1.82, 2.24) is 10.2 Å². The van der Waals surface area contributed by atoms with E-state index in [0.717, 1.165) is 52.6 Å². The van der Waals surface area contributed by atoms with Crippen LogP contribution in [0, 0.1) is 0 Å². The van der Waals surface area contributed by atoms with Crippen LogP contribution in [0.1, 0.15) is 23.6 Å². The Balaban J connectivity index is 1.43. The maximum absolute atomic E-state index is 5.67. The van der Waals surface area contributed by atoms with Crippen LogP contribution in [0.25, 0.3) is 0 Å². The SMILES string of the molecule is c1ccc2c(c1)COCC2NCCCN1CCOCC1. The first-order valence-electron chi connectivity index (χ1n) is 7.62.